The Bertz CT molecular complexity index is 951. The number of nitrogens with zero attached hydrogens (tertiary/aromatic N) is 1. The van der Waals surface area contributed by atoms with Gasteiger partial charge in [0.2, 0.25) is 0 Å². The van der Waals surface area contributed by atoms with Crippen molar-refractivity contribution in [3.05, 3.63) is 72.3 Å². The predicted octanol–water partition coefficient (Wildman–Crippen LogP) is 3.77. The summed E-state index contributed by atoms with van der Waals surface area (Å²) in [7, 11) is 1.61. The molecular weight excluding hydrogens is 328 g/mol. The fraction of sp³-hybridized carbons (Fsp3) is 0.143. The van der Waals surface area contributed by atoms with Crippen molar-refractivity contribution in [1.82, 2.24) is 5.43 Å². The van der Waals surface area contributed by atoms with Gasteiger partial charge in [-0.1, -0.05) is 42.5 Å². The Balaban J connectivity index is 1.57. The summed E-state index contributed by atoms with van der Waals surface area (Å²) in [6.07, 6.45) is 0. The lowest BCUT2D eigenvalue weighted by atomic mass is 10.1. The molecular formula is C21H20N2O3. The molecule has 0 spiro atoms. The summed E-state index contributed by atoms with van der Waals surface area (Å²) in [6, 6.07) is 21.2. The number of amides is 1. The van der Waals surface area contributed by atoms with Crippen molar-refractivity contribution in [3.8, 4) is 11.5 Å². The van der Waals surface area contributed by atoms with E-state index >= 15 is 0 Å². The molecule has 3 aromatic carbocycles. The van der Waals surface area contributed by atoms with Crippen LogP contribution in [0.1, 0.15) is 12.5 Å². The average Bonchev–Trinajstić information content (AvgIpc) is 2.70. The second-order valence-electron chi connectivity index (χ2n) is 5.76. The van der Waals surface area contributed by atoms with Gasteiger partial charge in [0.25, 0.3) is 5.91 Å². The molecule has 0 fully saturated rings. The number of ether oxygens (including phenoxy) is 2. The highest BCUT2D eigenvalue weighted by atomic mass is 16.5. The standard InChI is InChI=1S/C21H20N2O3/c1-15(17-8-5-9-19(12-17)25-2)22-23-21(24)14-26-20-11-10-16-6-3-4-7-18(16)13-20/h3-13H,14H2,1-2H3,(H,23,24)/b22-15+. The Hall–Kier alpha value is -3.34. The van der Waals surface area contributed by atoms with Gasteiger partial charge in [0.05, 0.1) is 12.8 Å². The summed E-state index contributed by atoms with van der Waals surface area (Å²) in [5.41, 5.74) is 4.07. The maximum absolute atomic E-state index is 12.0. The van der Waals surface area contributed by atoms with Gasteiger partial charge in [-0.2, -0.15) is 5.10 Å². The van der Waals surface area contributed by atoms with Gasteiger partial charge in [-0.3, -0.25) is 4.79 Å². The monoisotopic (exact) mass is 348 g/mol. The number of carbonyl (C=O) groups excluding carboxylic acids is 1. The first-order valence-electron chi connectivity index (χ1n) is 8.25. The van der Waals surface area contributed by atoms with E-state index in [0.717, 1.165) is 22.1 Å². The first kappa shape index (κ1) is 17.5. The van der Waals surface area contributed by atoms with E-state index in [4.69, 9.17) is 9.47 Å². The number of hydrazone groups is 1. The highest BCUT2D eigenvalue weighted by molar-refractivity contribution is 5.99. The summed E-state index contributed by atoms with van der Waals surface area (Å²) >= 11 is 0. The zero-order chi connectivity index (χ0) is 18.4. The molecule has 0 saturated heterocycles. The molecule has 5 nitrogen and oxygen atoms in total. The van der Waals surface area contributed by atoms with Gasteiger partial charge in [-0.15, -0.1) is 0 Å². The molecule has 0 unspecified atom stereocenters. The zero-order valence-corrected chi connectivity index (χ0v) is 14.7. The van der Waals surface area contributed by atoms with Gasteiger partial charge in [0.15, 0.2) is 6.61 Å². The minimum Gasteiger partial charge on any atom is -0.497 e. The SMILES string of the molecule is COc1cccc(/C(C)=N/NC(=O)COc2ccc3ccccc3c2)c1. The molecule has 132 valence electrons. The molecule has 0 aliphatic heterocycles. The maximum atomic E-state index is 12.0. The summed E-state index contributed by atoms with van der Waals surface area (Å²) in [6.45, 7) is 1.71. The molecule has 0 atom stereocenters. The van der Waals surface area contributed by atoms with Crippen molar-refractivity contribution < 1.29 is 14.3 Å². The second kappa shape index (κ2) is 8.16. The van der Waals surface area contributed by atoms with E-state index in [-0.39, 0.29) is 12.5 Å². The summed E-state index contributed by atoms with van der Waals surface area (Å²) < 4.78 is 10.7. The Morgan fingerprint density at radius 1 is 0.962 bits per heavy atom. The minimum absolute atomic E-state index is 0.104. The van der Waals surface area contributed by atoms with Crippen LogP contribution in [0.25, 0.3) is 10.8 Å². The predicted molar refractivity (Wildman–Crippen MR) is 103 cm³/mol. The maximum Gasteiger partial charge on any atom is 0.277 e. The summed E-state index contributed by atoms with van der Waals surface area (Å²) in [5.74, 6) is 1.07. The van der Waals surface area contributed by atoms with E-state index in [0.29, 0.717) is 11.5 Å². The van der Waals surface area contributed by atoms with Crippen LogP contribution in [0.15, 0.2) is 71.8 Å². The van der Waals surface area contributed by atoms with E-state index in [1.54, 1.807) is 7.11 Å². The van der Waals surface area contributed by atoms with Crippen molar-refractivity contribution in [2.24, 2.45) is 5.10 Å². The van der Waals surface area contributed by atoms with Crippen LogP contribution in [0.5, 0.6) is 11.5 Å². The van der Waals surface area contributed by atoms with Gasteiger partial charge >= 0.3 is 0 Å². The van der Waals surface area contributed by atoms with Gasteiger partial charge in [0.1, 0.15) is 11.5 Å². The molecule has 0 aliphatic rings. The molecule has 0 heterocycles. The van der Waals surface area contributed by atoms with Crippen LogP contribution in [-0.4, -0.2) is 25.3 Å². The second-order valence-corrected chi connectivity index (χ2v) is 5.76. The third kappa shape index (κ3) is 4.39. The first-order chi connectivity index (χ1) is 12.7. The van der Waals surface area contributed by atoms with Crippen molar-refractivity contribution in [2.75, 3.05) is 13.7 Å². The van der Waals surface area contributed by atoms with Crippen molar-refractivity contribution in [3.63, 3.8) is 0 Å². The van der Waals surface area contributed by atoms with Crippen molar-refractivity contribution in [2.45, 2.75) is 6.92 Å². The largest absolute Gasteiger partial charge is 0.497 e. The molecule has 3 rings (SSSR count). The third-order valence-corrected chi connectivity index (χ3v) is 3.93. The number of fused-ring (bicyclic) bond motifs is 1. The molecule has 1 amide bonds. The molecule has 0 radical (unpaired) electrons. The van der Waals surface area contributed by atoms with Crippen LogP contribution in [-0.2, 0) is 4.79 Å². The summed E-state index contributed by atoms with van der Waals surface area (Å²) in [5, 5.41) is 6.31. The Morgan fingerprint density at radius 2 is 1.77 bits per heavy atom. The number of methoxy groups -OCH3 is 1. The van der Waals surface area contributed by atoms with Crippen LogP contribution in [0, 0.1) is 0 Å². The Morgan fingerprint density at radius 3 is 2.58 bits per heavy atom. The molecule has 0 bridgehead atoms. The smallest absolute Gasteiger partial charge is 0.277 e. The van der Waals surface area contributed by atoms with Crippen LogP contribution in [0.3, 0.4) is 0 Å². The lowest BCUT2D eigenvalue weighted by Crippen LogP contribution is -2.25. The molecule has 0 aliphatic carbocycles. The van der Waals surface area contributed by atoms with Gasteiger partial charge < -0.3 is 9.47 Å². The van der Waals surface area contributed by atoms with E-state index in [2.05, 4.69) is 10.5 Å². The van der Waals surface area contributed by atoms with E-state index in [1.165, 1.54) is 0 Å². The first-order valence-corrected chi connectivity index (χ1v) is 8.25. The van der Waals surface area contributed by atoms with E-state index in [9.17, 15) is 4.79 Å². The van der Waals surface area contributed by atoms with Crippen LogP contribution in [0.4, 0.5) is 0 Å². The minimum atomic E-state index is -0.319. The quantitative estimate of drug-likeness (QED) is 0.545. The molecule has 0 saturated carbocycles. The zero-order valence-electron chi connectivity index (χ0n) is 14.7. The average molecular weight is 348 g/mol. The number of nitrogens with one attached hydrogen (secondary N) is 1. The highest BCUT2D eigenvalue weighted by Crippen LogP contribution is 2.20. The van der Waals surface area contributed by atoms with E-state index in [1.807, 2.05) is 73.7 Å². The van der Waals surface area contributed by atoms with Crippen molar-refractivity contribution in [1.29, 1.82) is 0 Å². The fourth-order valence-electron chi connectivity index (χ4n) is 2.50. The lowest BCUT2D eigenvalue weighted by molar-refractivity contribution is -0.123. The highest BCUT2D eigenvalue weighted by Gasteiger charge is 2.04. The van der Waals surface area contributed by atoms with Gasteiger partial charge in [0, 0.05) is 5.56 Å². The normalized spacial score (nSPS) is 11.2. The van der Waals surface area contributed by atoms with Crippen LogP contribution >= 0.6 is 0 Å². The molecule has 0 aromatic heterocycles. The fourth-order valence-corrected chi connectivity index (χ4v) is 2.50. The number of hydrogen-bond acceptors (Lipinski definition) is 4. The summed E-state index contributed by atoms with van der Waals surface area (Å²) in [4.78, 5) is 12.0. The number of hydrogen-bond donors (Lipinski definition) is 1. The molecule has 3 aromatic rings. The topological polar surface area (TPSA) is 59.9 Å². The number of carbonyl (C=O) groups is 1. The molecule has 1 N–H and O–H groups in total. The Labute approximate surface area is 152 Å². The van der Waals surface area contributed by atoms with Gasteiger partial charge in [-0.25, -0.2) is 5.43 Å². The third-order valence-electron chi connectivity index (χ3n) is 3.93. The lowest BCUT2D eigenvalue weighted by Gasteiger charge is -2.07. The Kier molecular flexibility index (Phi) is 5.49. The molecule has 5 heteroatoms. The van der Waals surface area contributed by atoms with Crippen LogP contribution < -0.4 is 14.9 Å². The van der Waals surface area contributed by atoms with Crippen molar-refractivity contribution >= 4 is 22.4 Å². The van der Waals surface area contributed by atoms with Crippen LogP contribution in [0.2, 0.25) is 0 Å². The van der Waals surface area contributed by atoms with Gasteiger partial charge in [-0.05, 0) is 42.0 Å². The number of rotatable bonds is 6. The number of benzene rings is 3. The molecule has 26 heavy (non-hydrogen) atoms. The van der Waals surface area contributed by atoms with E-state index < -0.39 is 0 Å².